The summed E-state index contributed by atoms with van der Waals surface area (Å²) in [6.45, 7) is 1.95. The van der Waals surface area contributed by atoms with Crippen molar-refractivity contribution in [2.45, 2.75) is 23.5 Å². The number of thioether (sulfide) groups is 1. The van der Waals surface area contributed by atoms with E-state index in [0.717, 1.165) is 10.5 Å². The van der Waals surface area contributed by atoms with Crippen LogP contribution >= 0.6 is 11.8 Å². The number of nitrogens with one attached hydrogen (secondary N) is 3. The standard InChI is InChI=1S/C33H31N3O4S/c1-3-30(33(39)35-25-16-10-18-27(21-25)40-2)41-28-19-11-17-26(22-28)34-32(38)29(20-23-12-6-4-7-13-23)36-31(37)24-14-8-5-9-15-24/h4-22,30H,3H2,1-2H3,(H,34,38)(H,35,39)(H,36,37)/b29-20-. The quantitative estimate of drug-likeness (QED) is 0.140. The Morgan fingerprint density at radius 3 is 2.15 bits per heavy atom. The van der Waals surface area contributed by atoms with Gasteiger partial charge in [0.2, 0.25) is 5.91 Å². The van der Waals surface area contributed by atoms with E-state index in [9.17, 15) is 14.4 Å². The minimum Gasteiger partial charge on any atom is -0.497 e. The third-order valence-electron chi connectivity index (χ3n) is 6.01. The molecule has 8 heteroatoms. The minimum atomic E-state index is -0.469. The summed E-state index contributed by atoms with van der Waals surface area (Å²) >= 11 is 1.41. The van der Waals surface area contributed by atoms with Crippen LogP contribution < -0.4 is 20.7 Å². The summed E-state index contributed by atoms with van der Waals surface area (Å²) in [6.07, 6.45) is 2.23. The van der Waals surface area contributed by atoms with Crippen LogP contribution in [-0.4, -0.2) is 30.1 Å². The molecule has 0 bridgehead atoms. The van der Waals surface area contributed by atoms with Crippen LogP contribution in [0, 0.1) is 0 Å². The highest BCUT2D eigenvalue weighted by Crippen LogP contribution is 2.29. The van der Waals surface area contributed by atoms with Crippen LogP contribution in [0.1, 0.15) is 29.3 Å². The molecule has 0 saturated heterocycles. The number of methoxy groups -OCH3 is 1. The van der Waals surface area contributed by atoms with Gasteiger partial charge < -0.3 is 20.7 Å². The smallest absolute Gasteiger partial charge is 0.272 e. The Morgan fingerprint density at radius 1 is 0.805 bits per heavy atom. The molecular weight excluding hydrogens is 534 g/mol. The van der Waals surface area contributed by atoms with Crippen molar-refractivity contribution in [1.29, 1.82) is 0 Å². The molecule has 0 aliphatic carbocycles. The fourth-order valence-electron chi connectivity index (χ4n) is 3.91. The van der Waals surface area contributed by atoms with Crippen molar-refractivity contribution in [1.82, 2.24) is 5.32 Å². The van der Waals surface area contributed by atoms with Gasteiger partial charge in [-0.15, -0.1) is 11.8 Å². The van der Waals surface area contributed by atoms with E-state index in [0.29, 0.717) is 29.1 Å². The van der Waals surface area contributed by atoms with Crippen LogP contribution in [0.4, 0.5) is 11.4 Å². The van der Waals surface area contributed by atoms with Gasteiger partial charge in [-0.1, -0.05) is 67.6 Å². The molecule has 3 amide bonds. The van der Waals surface area contributed by atoms with Crippen LogP contribution in [0.5, 0.6) is 5.75 Å². The van der Waals surface area contributed by atoms with Crippen LogP contribution in [0.15, 0.2) is 120 Å². The lowest BCUT2D eigenvalue weighted by Crippen LogP contribution is -2.30. The predicted octanol–water partition coefficient (Wildman–Crippen LogP) is 6.61. The van der Waals surface area contributed by atoms with Crippen molar-refractivity contribution in [3.8, 4) is 5.75 Å². The molecule has 0 fully saturated rings. The maximum Gasteiger partial charge on any atom is 0.272 e. The SMILES string of the molecule is CCC(Sc1cccc(NC(=O)/C(=C/c2ccccc2)NC(=O)c2ccccc2)c1)C(=O)Nc1cccc(OC)c1. The summed E-state index contributed by atoms with van der Waals surface area (Å²) in [5.74, 6) is -0.326. The molecule has 0 aliphatic rings. The van der Waals surface area contributed by atoms with Gasteiger partial charge in [0.05, 0.1) is 12.4 Å². The van der Waals surface area contributed by atoms with Crippen molar-refractivity contribution >= 4 is 46.9 Å². The molecule has 0 aliphatic heterocycles. The van der Waals surface area contributed by atoms with E-state index in [1.54, 1.807) is 49.6 Å². The molecule has 1 unspecified atom stereocenters. The van der Waals surface area contributed by atoms with E-state index in [-0.39, 0.29) is 22.8 Å². The molecule has 7 nitrogen and oxygen atoms in total. The van der Waals surface area contributed by atoms with E-state index in [2.05, 4.69) is 16.0 Å². The zero-order valence-electron chi connectivity index (χ0n) is 22.8. The zero-order chi connectivity index (χ0) is 29.0. The van der Waals surface area contributed by atoms with Gasteiger partial charge in [-0.05, 0) is 60.5 Å². The Bertz CT molecular complexity index is 1520. The van der Waals surface area contributed by atoms with Gasteiger partial charge in [0.1, 0.15) is 11.4 Å². The van der Waals surface area contributed by atoms with Crippen molar-refractivity contribution in [2.24, 2.45) is 0 Å². The Hall–Kier alpha value is -4.82. The molecule has 0 saturated carbocycles. The van der Waals surface area contributed by atoms with E-state index in [1.807, 2.05) is 79.7 Å². The predicted molar refractivity (Wildman–Crippen MR) is 165 cm³/mol. The topological polar surface area (TPSA) is 96.5 Å². The molecule has 0 aromatic heterocycles. The number of benzene rings is 4. The minimum absolute atomic E-state index is 0.104. The number of anilines is 2. The van der Waals surface area contributed by atoms with Crippen LogP contribution in [0.25, 0.3) is 6.08 Å². The number of ether oxygens (including phenoxy) is 1. The molecule has 4 aromatic carbocycles. The lowest BCUT2D eigenvalue weighted by Gasteiger charge is -2.16. The highest BCUT2D eigenvalue weighted by atomic mass is 32.2. The highest BCUT2D eigenvalue weighted by molar-refractivity contribution is 8.00. The summed E-state index contributed by atoms with van der Waals surface area (Å²) in [7, 11) is 1.58. The van der Waals surface area contributed by atoms with Crippen LogP contribution in [0.2, 0.25) is 0 Å². The second-order valence-corrected chi connectivity index (χ2v) is 10.3. The van der Waals surface area contributed by atoms with Gasteiger partial charge in [-0.25, -0.2) is 0 Å². The highest BCUT2D eigenvalue weighted by Gasteiger charge is 2.19. The number of amides is 3. The zero-order valence-corrected chi connectivity index (χ0v) is 23.6. The Balaban J connectivity index is 1.47. The first kappa shape index (κ1) is 29.2. The first-order valence-electron chi connectivity index (χ1n) is 13.1. The average Bonchev–Trinajstić information content (AvgIpc) is 3.00. The largest absolute Gasteiger partial charge is 0.497 e. The van der Waals surface area contributed by atoms with Gasteiger partial charge in [-0.2, -0.15) is 0 Å². The number of hydrogen-bond donors (Lipinski definition) is 3. The van der Waals surface area contributed by atoms with E-state index < -0.39 is 5.91 Å². The fraction of sp³-hybridized carbons (Fsp3) is 0.121. The number of hydrogen-bond acceptors (Lipinski definition) is 5. The van der Waals surface area contributed by atoms with E-state index in [1.165, 1.54) is 11.8 Å². The molecule has 4 rings (SSSR count). The third kappa shape index (κ3) is 8.58. The molecule has 41 heavy (non-hydrogen) atoms. The van der Waals surface area contributed by atoms with Gasteiger partial charge >= 0.3 is 0 Å². The van der Waals surface area contributed by atoms with Gasteiger partial charge in [-0.3, -0.25) is 14.4 Å². The van der Waals surface area contributed by atoms with E-state index >= 15 is 0 Å². The second kappa shape index (κ2) is 14.5. The second-order valence-electron chi connectivity index (χ2n) is 9.01. The average molecular weight is 566 g/mol. The Morgan fingerprint density at radius 2 is 1.46 bits per heavy atom. The summed E-state index contributed by atoms with van der Waals surface area (Å²) in [5, 5.41) is 8.22. The molecule has 3 N–H and O–H groups in total. The van der Waals surface area contributed by atoms with E-state index in [4.69, 9.17) is 4.74 Å². The molecular formula is C33H31N3O4S. The Kier molecular flexibility index (Phi) is 10.3. The molecule has 4 aromatic rings. The van der Waals surface area contributed by atoms with Gasteiger partial charge in [0.15, 0.2) is 0 Å². The number of carbonyl (C=O) groups is 3. The molecule has 0 heterocycles. The van der Waals surface area contributed by atoms with Crippen molar-refractivity contribution in [2.75, 3.05) is 17.7 Å². The van der Waals surface area contributed by atoms with Crippen molar-refractivity contribution in [3.05, 3.63) is 126 Å². The maximum absolute atomic E-state index is 13.4. The summed E-state index contributed by atoms with van der Waals surface area (Å²) in [6, 6.07) is 32.5. The lowest BCUT2D eigenvalue weighted by atomic mass is 10.1. The van der Waals surface area contributed by atoms with Gasteiger partial charge in [0, 0.05) is 27.9 Å². The fourth-order valence-corrected chi connectivity index (χ4v) is 4.93. The first-order valence-corrected chi connectivity index (χ1v) is 14.0. The number of carbonyl (C=O) groups excluding carboxylic acids is 3. The van der Waals surface area contributed by atoms with Gasteiger partial charge in [0.25, 0.3) is 11.8 Å². The third-order valence-corrected chi connectivity index (χ3v) is 7.37. The lowest BCUT2D eigenvalue weighted by molar-refractivity contribution is -0.116. The maximum atomic E-state index is 13.4. The monoisotopic (exact) mass is 565 g/mol. The number of rotatable bonds is 11. The molecule has 0 spiro atoms. The van der Waals surface area contributed by atoms with Crippen LogP contribution in [0.3, 0.4) is 0 Å². The molecule has 208 valence electrons. The normalized spacial score (nSPS) is 11.7. The Labute approximate surface area is 244 Å². The van der Waals surface area contributed by atoms with Crippen LogP contribution in [-0.2, 0) is 9.59 Å². The molecule has 0 radical (unpaired) electrons. The van der Waals surface area contributed by atoms with Crippen molar-refractivity contribution < 1.29 is 19.1 Å². The summed E-state index contributed by atoms with van der Waals surface area (Å²) < 4.78 is 5.24. The summed E-state index contributed by atoms with van der Waals surface area (Å²) in [5.41, 5.74) is 2.51. The summed E-state index contributed by atoms with van der Waals surface area (Å²) in [4.78, 5) is 40.0. The van der Waals surface area contributed by atoms with Crippen molar-refractivity contribution in [3.63, 3.8) is 0 Å². The molecule has 1 atom stereocenters. The first-order chi connectivity index (χ1) is 19.9.